The van der Waals surface area contributed by atoms with Crippen LogP contribution in [0.4, 0.5) is 0 Å². The van der Waals surface area contributed by atoms with Gasteiger partial charge in [0.25, 0.3) is 0 Å². The Bertz CT molecular complexity index is 633. The Kier molecular flexibility index (Phi) is 3.04. The van der Waals surface area contributed by atoms with E-state index < -0.39 is 0 Å². The zero-order valence-corrected chi connectivity index (χ0v) is 11.5. The normalized spacial score (nSPS) is 21.8. The van der Waals surface area contributed by atoms with Gasteiger partial charge >= 0.3 is 0 Å². The van der Waals surface area contributed by atoms with Gasteiger partial charge in [0.15, 0.2) is 0 Å². The van der Waals surface area contributed by atoms with Crippen LogP contribution in [-0.4, -0.2) is 30.5 Å². The van der Waals surface area contributed by atoms with E-state index >= 15 is 0 Å². The highest BCUT2D eigenvalue weighted by Crippen LogP contribution is 2.41. The first-order chi connectivity index (χ1) is 9.17. The number of hydrogen-bond donors (Lipinski definition) is 1. The molecule has 0 radical (unpaired) electrons. The van der Waals surface area contributed by atoms with E-state index in [-0.39, 0.29) is 0 Å². The van der Waals surface area contributed by atoms with Crippen molar-refractivity contribution in [3.8, 4) is 6.07 Å². The third kappa shape index (κ3) is 2.50. The summed E-state index contributed by atoms with van der Waals surface area (Å²) in [5, 5.41) is 10.1. The lowest BCUT2D eigenvalue weighted by Crippen LogP contribution is -2.15. The van der Waals surface area contributed by atoms with Gasteiger partial charge in [-0.2, -0.15) is 5.26 Å². The van der Waals surface area contributed by atoms with Gasteiger partial charge in [-0.1, -0.05) is 6.07 Å². The molecular formula is C16H19N3. The molecule has 1 aromatic heterocycles. The summed E-state index contributed by atoms with van der Waals surface area (Å²) in [5.41, 5.74) is 3.16. The van der Waals surface area contributed by atoms with Gasteiger partial charge in [0.1, 0.15) is 6.07 Å². The van der Waals surface area contributed by atoms with Gasteiger partial charge in [0.2, 0.25) is 0 Å². The fourth-order valence-corrected chi connectivity index (χ4v) is 2.94. The summed E-state index contributed by atoms with van der Waals surface area (Å²) in [6.07, 6.45) is 4.28. The summed E-state index contributed by atoms with van der Waals surface area (Å²) in [6.45, 7) is 1.19. The Hall–Kier alpha value is -1.79. The zero-order valence-electron chi connectivity index (χ0n) is 11.5. The lowest BCUT2D eigenvalue weighted by molar-refractivity contribution is 0.378. The Morgan fingerprint density at radius 3 is 2.95 bits per heavy atom. The van der Waals surface area contributed by atoms with Crippen molar-refractivity contribution in [1.29, 1.82) is 5.26 Å². The van der Waals surface area contributed by atoms with Crippen LogP contribution in [0, 0.1) is 23.2 Å². The second kappa shape index (κ2) is 4.71. The molecule has 98 valence electrons. The number of rotatable bonds is 4. The summed E-state index contributed by atoms with van der Waals surface area (Å²) in [7, 11) is 4.28. The van der Waals surface area contributed by atoms with E-state index in [1.54, 1.807) is 6.20 Å². The van der Waals surface area contributed by atoms with Gasteiger partial charge in [-0.05, 0) is 56.5 Å². The molecule has 0 spiro atoms. The molecule has 0 bridgehead atoms. The predicted octanol–water partition coefficient (Wildman–Crippen LogP) is 2.78. The van der Waals surface area contributed by atoms with Crippen molar-refractivity contribution in [3.63, 3.8) is 0 Å². The van der Waals surface area contributed by atoms with Crippen LogP contribution in [0.2, 0.25) is 0 Å². The summed E-state index contributed by atoms with van der Waals surface area (Å²) in [5.74, 6) is 1.68. The number of aromatic amines is 1. The molecule has 1 heterocycles. The van der Waals surface area contributed by atoms with E-state index in [4.69, 9.17) is 5.26 Å². The van der Waals surface area contributed by atoms with Crippen LogP contribution in [-0.2, 0) is 6.42 Å². The summed E-state index contributed by atoms with van der Waals surface area (Å²) in [4.78, 5) is 5.41. The van der Waals surface area contributed by atoms with E-state index in [2.05, 4.69) is 48.2 Å². The summed E-state index contributed by atoms with van der Waals surface area (Å²) in [6, 6.07) is 8.70. The van der Waals surface area contributed by atoms with Crippen molar-refractivity contribution < 1.29 is 0 Å². The number of nitrogens with one attached hydrogen (secondary N) is 1. The van der Waals surface area contributed by atoms with Crippen LogP contribution in [0.25, 0.3) is 10.9 Å². The predicted molar refractivity (Wildman–Crippen MR) is 76.9 cm³/mol. The number of aromatic nitrogens is 1. The van der Waals surface area contributed by atoms with Gasteiger partial charge < -0.3 is 9.88 Å². The zero-order chi connectivity index (χ0) is 13.4. The summed E-state index contributed by atoms with van der Waals surface area (Å²) >= 11 is 0. The fourth-order valence-electron chi connectivity index (χ4n) is 2.94. The third-order valence-electron chi connectivity index (χ3n) is 4.03. The van der Waals surface area contributed by atoms with Crippen molar-refractivity contribution >= 4 is 10.9 Å². The SMILES string of the molecule is CN(C)C[C@H]1C[C@@H]1Cc1ccc2[nH]cc(C#N)c2c1. The molecule has 3 rings (SSSR count). The topological polar surface area (TPSA) is 42.8 Å². The van der Waals surface area contributed by atoms with Crippen LogP contribution < -0.4 is 0 Å². The molecule has 1 aliphatic rings. The minimum atomic E-state index is 0.748. The van der Waals surface area contributed by atoms with Gasteiger partial charge in [0.05, 0.1) is 5.56 Å². The molecule has 1 fully saturated rings. The molecule has 0 amide bonds. The van der Waals surface area contributed by atoms with Gasteiger partial charge in [-0.3, -0.25) is 0 Å². The van der Waals surface area contributed by atoms with E-state index in [1.807, 2.05) is 0 Å². The molecule has 1 aromatic carbocycles. The molecule has 1 aliphatic carbocycles. The second-order valence-corrected chi connectivity index (χ2v) is 5.92. The number of nitriles is 1. The van der Waals surface area contributed by atoms with E-state index in [0.717, 1.165) is 34.7 Å². The lowest BCUT2D eigenvalue weighted by atomic mass is 10.0. The molecule has 0 aliphatic heterocycles. The van der Waals surface area contributed by atoms with E-state index in [9.17, 15) is 0 Å². The lowest BCUT2D eigenvalue weighted by Gasteiger charge is -2.08. The minimum Gasteiger partial charge on any atom is -0.360 e. The standard InChI is InChI=1S/C16H19N3/c1-19(2)10-13-7-12(13)5-11-3-4-16-15(6-11)14(8-17)9-18-16/h3-4,6,9,12-13,18H,5,7,10H2,1-2H3/t12-,13+/m0/s1. The molecule has 1 saturated carbocycles. The van der Waals surface area contributed by atoms with Crippen LogP contribution in [0.5, 0.6) is 0 Å². The Labute approximate surface area is 113 Å². The van der Waals surface area contributed by atoms with Gasteiger partial charge in [-0.25, -0.2) is 0 Å². The van der Waals surface area contributed by atoms with Crippen LogP contribution in [0.1, 0.15) is 17.5 Å². The van der Waals surface area contributed by atoms with Crippen molar-refractivity contribution in [3.05, 3.63) is 35.5 Å². The smallest absolute Gasteiger partial charge is 0.101 e. The molecule has 2 atom stereocenters. The molecule has 3 nitrogen and oxygen atoms in total. The second-order valence-electron chi connectivity index (χ2n) is 5.92. The molecule has 3 heteroatoms. The van der Waals surface area contributed by atoms with E-state index in [1.165, 1.54) is 18.5 Å². The highest BCUT2D eigenvalue weighted by molar-refractivity contribution is 5.86. The maximum atomic E-state index is 9.08. The van der Waals surface area contributed by atoms with Gasteiger partial charge in [0, 0.05) is 23.6 Å². The maximum Gasteiger partial charge on any atom is 0.101 e. The Morgan fingerprint density at radius 1 is 1.37 bits per heavy atom. The largest absolute Gasteiger partial charge is 0.360 e. The molecule has 19 heavy (non-hydrogen) atoms. The fraction of sp³-hybridized carbons (Fsp3) is 0.438. The highest BCUT2D eigenvalue weighted by atomic mass is 15.1. The average Bonchev–Trinajstić information content (AvgIpc) is 2.95. The minimum absolute atomic E-state index is 0.748. The first-order valence-electron chi connectivity index (χ1n) is 6.82. The third-order valence-corrected chi connectivity index (χ3v) is 4.03. The molecule has 2 aromatic rings. The molecular weight excluding hydrogens is 234 g/mol. The maximum absolute atomic E-state index is 9.08. The average molecular weight is 253 g/mol. The Balaban J connectivity index is 1.74. The van der Waals surface area contributed by atoms with E-state index in [0.29, 0.717) is 0 Å². The Morgan fingerprint density at radius 2 is 2.21 bits per heavy atom. The summed E-state index contributed by atoms with van der Waals surface area (Å²) < 4.78 is 0. The molecule has 1 N–H and O–H groups in total. The van der Waals surface area contributed by atoms with Crippen LogP contribution >= 0.6 is 0 Å². The number of H-pyrrole nitrogens is 1. The molecule has 0 unspecified atom stereocenters. The van der Waals surface area contributed by atoms with Crippen molar-refractivity contribution in [2.24, 2.45) is 11.8 Å². The van der Waals surface area contributed by atoms with Crippen LogP contribution in [0.15, 0.2) is 24.4 Å². The van der Waals surface area contributed by atoms with Gasteiger partial charge in [-0.15, -0.1) is 0 Å². The van der Waals surface area contributed by atoms with Crippen molar-refractivity contribution in [2.45, 2.75) is 12.8 Å². The number of fused-ring (bicyclic) bond motifs is 1. The monoisotopic (exact) mass is 253 g/mol. The molecule has 0 saturated heterocycles. The first kappa shape index (κ1) is 12.3. The number of hydrogen-bond acceptors (Lipinski definition) is 2. The number of nitrogens with zero attached hydrogens (tertiary/aromatic N) is 2. The quantitative estimate of drug-likeness (QED) is 0.910. The first-order valence-corrected chi connectivity index (χ1v) is 6.82. The van der Waals surface area contributed by atoms with Crippen molar-refractivity contribution in [1.82, 2.24) is 9.88 Å². The number of benzene rings is 1. The highest BCUT2D eigenvalue weighted by Gasteiger charge is 2.36. The van der Waals surface area contributed by atoms with Crippen molar-refractivity contribution in [2.75, 3.05) is 20.6 Å². The van der Waals surface area contributed by atoms with Crippen LogP contribution in [0.3, 0.4) is 0 Å².